The number of hydrogen-bond acceptors (Lipinski definition) is 1. The summed E-state index contributed by atoms with van der Waals surface area (Å²) in [5.41, 5.74) is 1.64. The maximum atomic E-state index is 11.0. The fourth-order valence-electron chi connectivity index (χ4n) is 1.66. The van der Waals surface area contributed by atoms with Gasteiger partial charge in [-0.15, -0.1) is 0 Å². The summed E-state index contributed by atoms with van der Waals surface area (Å²) in [5, 5.41) is 9.09. The molecule has 0 bridgehead atoms. The van der Waals surface area contributed by atoms with Crippen molar-refractivity contribution in [1.29, 1.82) is 0 Å². The van der Waals surface area contributed by atoms with Gasteiger partial charge in [-0.25, -0.2) is 4.79 Å². The van der Waals surface area contributed by atoms with Crippen LogP contribution < -0.4 is 0 Å². The van der Waals surface area contributed by atoms with Crippen molar-refractivity contribution in [3.05, 3.63) is 11.1 Å². The summed E-state index contributed by atoms with van der Waals surface area (Å²) in [6, 6.07) is 0. The van der Waals surface area contributed by atoms with Crippen molar-refractivity contribution >= 4 is 5.97 Å². The van der Waals surface area contributed by atoms with Crippen LogP contribution in [0.15, 0.2) is 11.1 Å². The molecule has 0 aliphatic carbocycles. The lowest BCUT2D eigenvalue weighted by atomic mass is 9.91. The molecule has 0 spiro atoms. The van der Waals surface area contributed by atoms with Gasteiger partial charge < -0.3 is 5.11 Å². The molecule has 1 unspecified atom stereocenters. The monoisotopic (exact) mass is 198 g/mol. The summed E-state index contributed by atoms with van der Waals surface area (Å²) in [6.07, 6.45) is 4.05. The van der Waals surface area contributed by atoms with Crippen LogP contribution in [0.5, 0.6) is 0 Å². The predicted molar refractivity (Wildman–Crippen MR) is 59.3 cm³/mol. The highest BCUT2D eigenvalue weighted by Gasteiger charge is 2.17. The van der Waals surface area contributed by atoms with Crippen molar-refractivity contribution in [2.45, 2.75) is 53.4 Å². The van der Waals surface area contributed by atoms with Crippen molar-refractivity contribution in [3.8, 4) is 0 Å². The Morgan fingerprint density at radius 3 is 2.29 bits per heavy atom. The molecule has 0 saturated heterocycles. The molecule has 0 aromatic carbocycles. The van der Waals surface area contributed by atoms with Crippen LogP contribution >= 0.6 is 0 Å². The number of carbonyl (C=O) groups is 1. The van der Waals surface area contributed by atoms with Gasteiger partial charge in [0, 0.05) is 5.57 Å². The molecule has 2 heteroatoms. The molecule has 82 valence electrons. The van der Waals surface area contributed by atoms with E-state index in [0.29, 0.717) is 5.57 Å². The van der Waals surface area contributed by atoms with Crippen LogP contribution in [0.1, 0.15) is 53.4 Å². The second-order valence-corrected chi connectivity index (χ2v) is 3.90. The fraction of sp³-hybridized carbons (Fsp3) is 0.750. The lowest BCUT2D eigenvalue weighted by Gasteiger charge is -2.14. The number of unbranched alkanes of at least 4 members (excludes halogenated alkanes) is 1. The molecule has 0 radical (unpaired) electrons. The van der Waals surface area contributed by atoms with Crippen LogP contribution in [0.3, 0.4) is 0 Å². The van der Waals surface area contributed by atoms with Gasteiger partial charge >= 0.3 is 5.97 Å². The van der Waals surface area contributed by atoms with E-state index in [1.54, 1.807) is 0 Å². The first-order valence-electron chi connectivity index (χ1n) is 5.47. The van der Waals surface area contributed by atoms with E-state index in [4.69, 9.17) is 5.11 Å². The van der Waals surface area contributed by atoms with Crippen LogP contribution in [-0.2, 0) is 4.79 Å². The first kappa shape index (κ1) is 13.2. The zero-order chi connectivity index (χ0) is 11.1. The minimum atomic E-state index is -0.743. The molecule has 0 heterocycles. The molecule has 0 fully saturated rings. The molecule has 0 aromatic rings. The molecular weight excluding hydrogens is 176 g/mol. The van der Waals surface area contributed by atoms with Crippen LogP contribution in [0.25, 0.3) is 0 Å². The van der Waals surface area contributed by atoms with Gasteiger partial charge in [0.2, 0.25) is 0 Å². The summed E-state index contributed by atoms with van der Waals surface area (Å²) < 4.78 is 0. The molecule has 0 rings (SSSR count). The van der Waals surface area contributed by atoms with Crippen LogP contribution in [0, 0.1) is 5.92 Å². The van der Waals surface area contributed by atoms with E-state index in [2.05, 4.69) is 6.92 Å². The summed E-state index contributed by atoms with van der Waals surface area (Å²) in [5.74, 6) is -0.555. The highest BCUT2D eigenvalue weighted by molar-refractivity contribution is 5.87. The van der Waals surface area contributed by atoms with Crippen molar-refractivity contribution in [3.63, 3.8) is 0 Å². The summed E-state index contributed by atoms with van der Waals surface area (Å²) >= 11 is 0. The first-order chi connectivity index (χ1) is 6.54. The van der Waals surface area contributed by atoms with Crippen LogP contribution in [0.2, 0.25) is 0 Å². The van der Waals surface area contributed by atoms with Crippen LogP contribution in [-0.4, -0.2) is 11.1 Å². The predicted octanol–water partition coefficient (Wildman–Crippen LogP) is 3.62. The Morgan fingerprint density at radius 2 is 1.93 bits per heavy atom. The number of hydrogen-bond donors (Lipinski definition) is 1. The van der Waals surface area contributed by atoms with E-state index < -0.39 is 5.97 Å². The van der Waals surface area contributed by atoms with Crippen molar-refractivity contribution in [1.82, 2.24) is 0 Å². The molecule has 14 heavy (non-hydrogen) atoms. The molecule has 1 atom stereocenters. The van der Waals surface area contributed by atoms with Gasteiger partial charge in [0.1, 0.15) is 0 Å². The second-order valence-electron chi connectivity index (χ2n) is 3.90. The first-order valence-corrected chi connectivity index (χ1v) is 5.47. The average molecular weight is 198 g/mol. The lowest BCUT2D eigenvalue weighted by molar-refractivity contribution is -0.133. The van der Waals surface area contributed by atoms with Gasteiger partial charge in [0.15, 0.2) is 0 Å². The van der Waals surface area contributed by atoms with E-state index in [1.807, 2.05) is 20.8 Å². The van der Waals surface area contributed by atoms with E-state index in [0.717, 1.165) is 31.3 Å². The van der Waals surface area contributed by atoms with Crippen molar-refractivity contribution in [2.75, 3.05) is 0 Å². The van der Waals surface area contributed by atoms with E-state index in [1.165, 1.54) is 0 Å². The van der Waals surface area contributed by atoms with Gasteiger partial charge in [-0.1, -0.05) is 39.2 Å². The molecule has 0 aliphatic rings. The standard InChI is InChI=1S/C12H22O2/c1-5-7-8-10(4)11(12(13)14)9(3)6-2/h10H,5-8H2,1-4H3,(H,13,14). The third kappa shape index (κ3) is 3.95. The molecule has 0 aromatic heterocycles. The van der Waals surface area contributed by atoms with Crippen molar-refractivity contribution < 1.29 is 9.90 Å². The quantitative estimate of drug-likeness (QED) is 0.662. The number of allylic oxidation sites excluding steroid dienone is 1. The van der Waals surface area contributed by atoms with Crippen LogP contribution in [0.4, 0.5) is 0 Å². The highest BCUT2D eigenvalue weighted by atomic mass is 16.4. The molecule has 1 N–H and O–H groups in total. The van der Waals surface area contributed by atoms with E-state index in [-0.39, 0.29) is 5.92 Å². The average Bonchev–Trinajstić information content (AvgIpc) is 2.14. The van der Waals surface area contributed by atoms with E-state index in [9.17, 15) is 4.79 Å². The van der Waals surface area contributed by atoms with Gasteiger partial charge in [-0.3, -0.25) is 0 Å². The Labute approximate surface area is 87.0 Å². The smallest absolute Gasteiger partial charge is 0.331 e. The SMILES string of the molecule is CCCCC(C)C(C(=O)O)=C(C)CC. The van der Waals surface area contributed by atoms with Crippen molar-refractivity contribution in [2.24, 2.45) is 5.92 Å². The van der Waals surface area contributed by atoms with Gasteiger partial charge in [0.25, 0.3) is 0 Å². The number of carboxylic acids is 1. The summed E-state index contributed by atoms with van der Waals surface area (Å²) in [7, 11) is 0. The topological polar surface area (TPSA) is 37.3 Å². The van der Waals surface area contributed by atoms with Gasteiger partial charge in [-0.2, -0.15) is 0 Å². The fourth-order valence-corrected chi connectivity index (χ4v) is 1.66. The van der Waals surface area contributed by atoms with Gasteiger partial charge in [-0.05, 0) is 25.7 Å². The van der Waals surface area contributed by atoms with E-state index >= 15 is 0 Å². The third-order valence-corrected chi connectivity index (χ3v) is 2.70. The Kier molecular flexibility index (Phi) is 6.26. The number of aliphatic carboxylic acids is 1. The molecule has 0 aliphatic heterocycles. The summed E-state index contributed by atoms with van der Waals surface area (Å²) in [6.45, 7) is 8.07. The Bertz CT molecular complexity index is 216. The van der Waals surface area contributed by atoms with Gasteiger partial charge in [0.05, 0.1) is 0 Å². The largest absolute Gasteiger partial charge is 0.478 e. The molecule has 2 nitrogen and oxygen atoms in total. The number of rotatable bonds is 6. The minimum absolute atomic E-state index is 0.187. The molecule has 0 saturated carbocycles. The highest BCUT2D eigenvalue weighted by Crippen LogP contribution is 2.22. The zero-order valence-corrected chi connectivity index (χ0v) is 9.76. The maximum absolute atomic E-state index is 11.0. The second kappa shape index (κ2) is 6.63. The third-order valence-electron chi connectivity index (χ3n) is 2.70. The Balaban J connectivity index is 4.58. The maximum Gasteiger partial charge on any atom is 0.331 e. The summed E-state index contributed by atoms with van der Waals surface area (Å²) in [4.78, 5) is 11.0. The normalized spacial score (nSPS) is 14.9. The number of carboxylic acid groups (broad SMARTS) is 1. The Morgan fingerprint density at radius 1 is 1.36 bits per heavy atom. The molecule has 0 amide bonds. The molecular formula is C12H22O2. The Hall–Kier alpha value is -0.790. The lowest BCUT2D eigenvalue weighted by Crippen LogP contribution is -2.12. The minimum Gasteiger partial charge on any atom is -0.478 e. The zero-order valence-electron chi connectivity index (χ0n) is 9.76.